The smallest absolute Gasteiger partial charge is 0.0594 e. The lowest BCUT2D eigenvalue weighted by Gasteiger charge is -2.26. The van der Waals surface area contributed by atoms with E-state index in [1.165, 1.54) is 27.2 Å². The standard InChI is InChI=1S/C20H21NOS/c1-2-6-20-17(15-18-4-3-13-23-18)14-16(19(20)5-1)7-8-21-9-11-22-12-10-21/h1-6,13-15H,7-12H2/b17-15+. The topological polar surface area (TPSA) is 12.5 Å². The van der Waals surface area contributed by atoms with Gasteiger partial charge in [-0.05, 0) is 46.2 Å². The second-order valence-electron chi connectivity index (χ2n) is 6.03. The first-order valence-electron chi connectivity index (χ1n) is 8.26. The molecule has 1 saturated heterocycles. The molecule has 2 heterocycles. The lowest BCUT2D eigenvalue weighted by Crippen LogP contribution is -2.36. The van der Waals surface area contributed by atoms with Crippen molar-refractivity contribution >= 4 is 28.6 Å². The molecule has 118 valence electrons. The van der Waals surface area contributed by atoms with Gasteiger partial charge in [-0.2, -0.15) is 0 Å². The highest BCUT2D eigenvalue weighted by Gasteiger charge is 2.19. The Kier molecular flexibility index (Phi) is 4.42. The summed E-state index contributed by atoms with van der Waals surface area (Å²) >= 11 is 1.79. The first kappa shape index (κ1) is 14.9. The molecule has 1 aromatic heterocycles. The van der Waals surface area contributed by atoms with Crippen LogP contribution in [0.5, 0.6) is 0 Å². The fraction of sp³-hybridized carbons (Fsp3) is 0.300. The number of morpholine rings is 1. The van der Waals surface area contributed by atoms with Gasteiger partial charge < -0.3 is 4.74 Å². The zero-order valence-electron chi connectivity index (χ0n) is 13.2. The summed E-state index contributed by atoms with van der Waals surface area (Å²) in [7, 11) is 0. The van der Waals surface area contributed by atoms with Crippen molar-refractivity contribution in [2.45, 2.75) is 6.42 Å². The Morgan fingerprint density at radius 3 is 2.65 bits per heavy atom. The summed E-state index contributed by atoms with van der Waals surface area (Å²) < 4.78 is 5.44. The van der Waals surface area contributed by atoms with Gasteiger partial charge in [-0.25, -0.2) is 0 Å². The molecule has 0 spiro atoms. The van der Waals surface area contributed by atoms with Crippen molar-refractivity contribution in [3.05, 3.63) is 63.9 Å². The second kappa shape index (κ2) is 6.83. The van der Waals surface area contributed by atoms with Crippen LogP contribution in [0.1, 0.15) is 22.4 Å². The minimum Gasteiger partial charge on any atom is -0.379 e. The molecule has 0 amide bonds. The number of allylic oxidation sites excluding steroid dienone is 2. The van der Waals surface area contributed by atoms with E-state index in [1.54, 1.807) is 11.3 Å². The van der Waals surface area contributed by atoms with Crippen LogP contribution in [-0.4, -0.2) is 37.7 Å². The first-order chi connectivity index (χ1) is 11.4. The minimum atomic E-state index is 0.874. The van der Waals surface area contributed by atoms with Crippen molar-refractivity contribution < 1.29 is 4.74 Å². The number of benzene rings is 1. The number of hydrogen-bond donors (Lipinski definition) is 0. The van der Waals surface area contributed by atoms with Crippen molar-refractivity contribution in [2.24, 2.45) is 0 Å². The molecule has 0 bridgehead atoms. The Morgan fingerprint density at radius 2 is 1.87 bits per heavy atom. The summed E-state index contributed by atoms with van der Waals surface area (Å²) in [5.41, 5.74) is 5.59. The number of hydrogen-bond acceptors (Lipinski definition) is 3. The molecule has 1 aliphatic heterocycles. The SMILES string of the molecule is C1=C(CCN2CCOCC2)c2ccccc2/C1=C/c1cccs1. The van der Waals surface area contributed by atoms with Gasteiger partial charge in [0.1, 0.15) is 0 Å². The third-order valence-electron chi connectivity index (χ3n) is 4.56. The molecule has 3 heteroatoms. The third-order valence-corrected chi connectivity index (χ3v) is 5.38. The van der Waals surface area contributed by atoms with Crippen molar-refractivity contribution in [1.82, 2.24) is 4.90 Å². The molecular formula is C20H21NOS. The van der Waals surface area contributed by atoms with Gasteiger partial charge >= 0.3 is 0 Å². The largest absolute Gasteiger partial charge is 0.379 e. The molecule has 1 fully saturated rings. The Hall–Kier alpha value is -1.68. The molecule has 0 radical (unpaired) electrons. The predicted molar refractivity (Wildman–Crippen MR) is 98.5 cm³/mol. The van der Waals surface area contributed by atoms with Crippen molar-refractivity contribution in [2.75, 3.05) is 32.8 Å². The van der Waals surface area contributed by atoms with E-state index in [-0.39, 0.29) is 0 Å². The van der Waals surface area contributed by atoms with Crippen LogP contribution >= 0.6 is 11.3 Å². The number of thiophene rings is 1. The van der Waals surface area contributed by atoms with Crippen LogP contribution in [0.25, 0.3) is 17.2 Å². The number of nitrogens with zero attached hydrogens (tertiary/aromatic N) is 1. The Labute approximate surface area is 141 Å². The van der Waals surface area contributed by atoms with Gasteiger partial charge in [0.2, 0.25) is 0 Å². The summed E-state index contributed by atoms with van der Waals surface area (Å²) in [5, 5.41) is 2.14. The molecule has 4 rings (SSSR count). The van der Waals surface area contributed by atoms with Crippen molar-refractivity contribution in [3.63, 3.8) is 0 Å². The normalized spacial score (nSPS) is 19.8. The Morgan fingerprint density at radius 1 is 1.04 bits per heavy atom. The summed E-state index contributed by atoms with van der Waals surface area (Å²) in [4.78, 5) is 3.83. The van der Waals surface area contributed by atoms with Gasteiger partial charge in [-0.1, -0.05) is 36.4 Å². The fourth-order valence-electron chi connectivity index (χ4n) is 3.31. The molecule has 23 heavy (non-hydrogen) atoms. The zero-order chi connectivity index (χ0) is 15.5. The van der Waals surface area contributed by atoms with Crippen LogP contribution in [0, 0.1) is 0 Å². The molecule has 2 aromatic rings. The van der Waals surface area contributed by atoms with E-state index in [0.29, 0.717) is 0 Å². The van der Waals surface area contributed by atoms with Gasteiger partial charge in [0.25, 0.3) is 0 Å². The number of rotatable bonds is 4. The Bertz CT molecular complexity index is 724. The lowest BCUT2D eigenvalue weighted by atomic mass is 10.0. The average molecular weight is 323 g/mol. The maximum atomic E-state index is 5.44. The predicted octanol–water partition coefficient (Wildman–Crippen LogP) is 4.41. The fourth-order valence-corrected chi connectivity index (χ4v) is 3.98. The molecule has 0 unspecified atom stereocenters. The third kappa shape index (κ3) is 3.32. The molecule has 2 aliphatic rings. The minimum absolute atomic E-state index is 0.874. The lowest BCUT2D eigenvalue weighted by molar-refractivity contribution is 0.0390. The molecule has 0 N–H and O–H groups in total. The van der Waals surface area contributed by atoms with Gasteiger partial charge in [0, 0.05) is 24.5 Å². The summed E-state index contributed by atoms with van der Waals surface area (Å²) in [6, 6.07) is 13.1. The van der Waals surface area contributed by atoms with Gasteiger partial charge in [0.15, 0.2) is 0 Å². The quantitative estimate of drug-likeness (QED) is 0.826. The van der Waals surface area contributed by atoms with Crippen molar-refractivity contribution in [3.8, 4) is 0 Å². The van der Waals surface area contributed by atoms with E-state index in [4.69, 9.17) is 4.74 Å². The van der Waals surface area contributed by atoms with Gasteiger partial charge in [-0.15, -0.1) is 11.3 Å². The molecule has 1 aliphatic carbocycles. The van der Waals surface area contributed by atoms with Gasteiger partial charge in [0.05, 0.1) is 13.2 Å². The monoisotopic (exact) mass is 323 g/mol. The van der Waals surface area contributed by atoms with Crippen LogP contribution in [0.3, 0.4) is 0 Å². The van der Waals surface area contributed by atoms with Crippen LogP contribution < -0.4 is 0 Å². The number of ether oxygens (including phenoxy) is 1. The molecule has 1 aromatic carbocycles. The van der Waals surface area contributed by atoms with Crippen LogP contribution in [-0.2, 0) is 4.74 Å². The van der Waals surface area contributed by atoms with Crippen LogP contribution in [0.4, 0.5) is 0 Å². The summed E-state index contributed by atoms with van der Waals surface area (Å²) in [6.45, 7) is 4.99. The van der Waals surface area contributed by atoms with Crippen LogP contribution in [0.2, 0.25) is 0 Å². The highest BCUT2D eigenvalue weighted by Crippen LogP contribution is 2.38. The van der Waals surface area contributed by atoms with Gasteiger partial charge in [-0.3, -0.25) is 4.90 Å². The van der Waals surface area contributed by atoms with E-state index in [1.807, 2.05) is 0 Å². The summed E-state index contributed by atoms with van der Waals surface area (Å²) in [6.07, 6.45) is 5.80. The summed E-state index contributed by atoms with van der Waals surface area (Å²) in [5.74, 6) is 0. The van der Waals surface area contributed by atoms with E-state index < -0.39 is 0 Å². The highest BCUT2D eigenvalue weighted by molar-refractivity contribution is 7.10. The maximum absolute atomic E-state index is 5.44. The molecule has 0 saturated carbocycles. The Balaban J connectivity index is 1.56. The van der Waals surface area contributed by atoms with Crippen molar-refractivity contribution in [1.29, 1.82) is 0 Å². The average Bonchev–Trinajstić information content (AvgIpc) is 3.23. The molecule has 0 atom stereocenters. The molecular weight excluding hydrogens is 302 g/mol. The van der Waals surface area contributed by atoms with Crippen LogP contribution in [0.15, 0.2) is 47.9 Å². The zero-order valence-corrected chi connectivity index (χ0v) is 14.0. The van der Waals surface area contributed by atoms with E-state index >= 15 is 0 Å². The highest BCUT2D eigenvalue weighted by atomic mass is 32.1. The van der Waals surface area contributed by atoms with E-state index in [2.05, 4.69) is 58.8 Å². The molecule has 2 nitrogen and oxygen atoms in total. The first-order valence-corrected chi connectivity index (χ1v) is 9.14. The maximum Gasteiger partial charge on any atom is 0.0594 e. The second-order valence-corrected chi connectivity index (χ2v) is 7.01. The van der Waals surface area contributed by atoms with E-state index in [9.17, 15) is 0 Å². The van der Waals surface area contributed by atoms with E-state index in [0.717, 1.165) is 39.3 Å². The number of fused-ring (bicyclic) bond motifs is 1.